The first-order chi connectivity index (χ1) is 7.69. The van der Waals surface area contributed by atoms with Crippen LogP contribution < -0.4 is 5.73 Å². The second-order valence-electron chi connectivity index (χ2n) is 3.37. The Balaban J connectivity index is 2.18. The van der Waals surface area contributed by atoms with Crippen LogP contribution in [0.15, 0.2) is 30.5 Å². The molecule has 0 saturated carbocycles. The van der Waals surface area contributed by atoms with Gasteiger partial charge in [0, 0.05) is 6.20 Å². The standard InChI is InChI=1S/C11H9ClN4/c12-10-7-16(15-11(10)14)6-9-3-1-8(5-13)2-4-9/h1-4,7H,6H2,(H2,14,15). The quantitative estimate of drug-likeness (QED) is 0.862. The van der Waals surface area contributed by atoms with Crippen LogP contribution in [0.2, 0.25) is 5.02 Å². The van der Waals surface area contributed by atoms with Crippen molar-refractivity contribution in [2.24, 2.45) is 0 Å². The summed E-state index contributed by atoms with van der Waals surface area (Å²) in [5.74, 6) is 0.329. The molecule has 0 bridgehead atoms. The summed E-state index contributed by atoms with van der Waals surface area (Å²) in [6.45, 7) is 0.586. The van der Waals surface area contributed by atoms with Gasteiger partial charge in [-0.25, -0.2) is 0 Å². The second kappa shape index (κ2) is 4.25. The van der Waals surface area contributed by atoms with Gasteiger partial charge in [0.1, 0.15) is 5.02 Å². The lowest BCUT2D eigenvalue weighted by molar-refractivity contribution is 0.690. The van der Waals surface area contributed by atoms with Gasteiger partial charge in [-0.3, -0.25) is 4.68 Å². The summed E-state index contributed by atoms with van der Waals surface area (Å²) >= 11 is 5.79. The topological polar surface area (TPSA) is 67.6 Å². The molecule has 0 aliphatic rings. The van der Waals surface area contributed by atoms with Crippen LogP contribution >= 0.6 is 11.6 Å². The molecule has 80 valence electrons. The molecule has 4 nitrogen and oxygen atoms in total. The molecule has 2 rings (SSSR count). The van der Waals surface area contributed by atoms with Crippen LogP contribution in [0, 0.1) is 11.3 Å². The van der Waals surface area contributed by atoms with Crippen LogP contribution in [0.4, 0.5) is 5.82 Å². The maximum atomic E-state index is 8.66. The lowest BCUT2D eigenvalue weighted by Crippen LogP contribution is -2.00. The summed E-state index contributed by atoms with van der Waals surface area (Å²) in [6.07, 6.45) is 1.68. The molecular formula is C11H9ClN4. The van der Waals surface area contributed by atoms with E-state index in [1.54, 1.807) is 23.0 Å². The third kappa shape index (κ3) is 2.15. The lowest BCUT2D eigenvalue weighted by Gasteiger charge is -2.01. The zero-order valence-electron chi connectivity index (χ0n) is 8.39. The van der Waals surface area contributed by atoms with Gasteiger partial charge in [0.15, 0.2) is 5.82 Å². The summed E-state index contributed by atoms with van der Waals surface area (Å²) in [6, 6.07) is 9.36. The van der Waals surface area contributed by atoms with Gasteiger partial charge in [-0.05, 0) is 17.7 Å². The molecule has 0 unspecified atom stereocenters. The van der Waals surface area contributed by atoms with Gasteiger partial charge in [-0.1, -0.05) is 23.7 Å². The van der Waals surface area contributed by atoms with Crippen LogP contribution in [0.5, 0.6) is 0 Å². The van der Waals surface area contributed by atoms with Gasteiger partial charge in [-0.15, -0.1) is 0 Å². The van der Waals surface area contributed by atoms with E-state index in [1.807, 2.05) is 12.1 Å². The maximum absolute atomic E-state index is 8.66. The third-order valence-electron chi connectivity index (χ3n) is 2.17. The maximum Gasteiger partial charge on any atom is 0.164 e. The first-order valence-corrected chi connectivity index (χ1v) is 5.04. The number of halogens is 1. The zero-order valence-corrected chi connectivity index (χ0v) is 9.15. The molecule has 16 heavy (non-hydrogen) atoms. The summed E-state index contributed by atoms with van der Waals surface area (Å²) in [4.78, 5) is 0. The Kier molecular flexibility index (Phi) is 2.80. The van der Waals surface area contributed by atoms with E-state index in [0.717, 1.165) is 5.56 Å². The van der Waals surface area contributed by atoms with Crippen molar-refractivity contribution in [2.75, 3.05) is 5.73 Å². The van der Waals surface area contributed by atoms with Crippen molar-refractivity contribution in [2.45, 2.75) is 6.54 Å². The molecule has 2 N–H and O–H groups in total. The summed E-state index contributed by atoms with van der Waals surface area (Å²) in [5.41, 5.74) is 7.21. The Bertz CT molecular complexity index is 517. The molecule has 1 aromatic heterocycles. The molecular weight excluding hydrogens is 224 g/mol. The van der Waals surface area contributed by atoms with Gasteiger partial charge in [0.25, 0.3) is 0 Å². The third-order valence-corrected chi connectivity index (χ3v) is 2.46. The monoisotopic (exact) mass is 232 g/mol. The molecule has 1 heterocycles. The fraction of sp³-hybridized carbons (Fsp3) is 0.0909. The van der Waals surface area contributed by atoms with Gasteiger partial charge in [0.2, 0.25) is 0 Å². The molecule has 0 spiro atoms. The molecule has 5 heteroatoms. The van der Waals surface area contributed by atoms with Gasteiger partial charge < -0.3 is 5.73 Å². The van der Waals surface area contributed by atoms with Gasteiger partial charge in [-0.2, -0.15) is 10.4 Å². The Morgan fingerprint density at radius 2 is 2.06 bits per heavy atom. The highest BCUT2D eigenvalue weighted by Crippen LogP contribution is 2.16. The highest BCUT2D eigenvalue weighted by atomic mass is 35.5. The predicted octanol–water partition coefficient (Wildman–Crippen LogP) is 2.04. The van der Waals surface area contributed by atoms with E-state index >= 15 is 0 Å². The van der Waals surface area contributed by atoms with Crippen molar-refractivity contribution in [1.82, 2.24) is 9.78 Å². The number of rotatable bonds is 2. The smallest absolute Gasteiger partial charge is 0.164 e. The molecule has 0 aliphatic heterocycles. The van der Waals surface area contributed by atoms with Gasteiger partial charge >= 0.3 is 0 Å². The highest BCUT2D eigenvalue weighted by Gasteiger charge is 2.03. The Morgan fingerprint density at radius 3 is 2.56 bits per heavy atom. The number of benzene rings is 1. The number of nitrogens with zero attached hydrogens (tertiary/aromatic N) is 3. The van der Waals surface area contributed by atoms with Crippen LogP contribution in [0.1, 0.15) is 11.1 Å². The highest BCUT2D eigenvalue weighted by molar-refractivity contribution is 6.32. The summed E-state index contributed by atoms with van der Waals surface area (Å²) in [5, 5.41) is 13.2. The minimum Gasteiger partial charge on any atom is -0.381 e. The number of hydrogen-bond donors (Lipinski definition) is 1. The van der Waals surface area contributed by atoms with Gasteiger partial charge in [0.05, 0.1) is 18.2 Å². The van der Waals surface area contributed by atoms with Crippen LogP contribution in [0.25, 0.3) is 0 Å². The van der Waals surface area contributed by atoms with Crippen molar-refractivity contribution in [3.8, 4) is 6.07 Å². The van der Waals surface area contributed by atoms with E-state index in [1.165, 1.54) is 0 Å². The van der Waals surface area contributed by atoms with Crippen molar-refractivity contribution in [3.05, 3.63) is 46.6 Å². The zero-order chi connectivity index (χ0) is 11.5. The van der Waals surface area contributed by atoms with Crippen molar-refractivity contribution in [3.63, 3.8) is 0 Å². The van der Waals surface area contributed by atoms with E-state index in [-0.39, 0.29) is 0 Å². The predicted molar refractivity (Wildman–Crippen MR) is 61.9 cm³/mol. The normalized spacial score (nSPS) is 10.0. The van der Waals surface area contributed by atoms with Crippen molar-refractivity contribution >= 4 is 17.4 Å². The summed E-state index contributed by atoms with van der Waals surface area (Å²) < 4.78 is 1.67. The Hall–Kier alpha value is -1.99. The molecule has 0 atom stereocenters. The van der Waals surface area contributed by atoms with Crippen molar-refractivity contribution in [1.29, 1.82) is 5.26 Å². The fourth-order valence-corrected chi connectivity index (χ4v) is 1.52. The first kappa shape index (κ1) is 10.5. The van der Waals surface area contributed by atoms with E-state index < -0.39 is 0 Å². The van der Waals surface area contributed by atoms with Crippen LogP contribution in [-0.4, -0.2) is 9.78 Å². The molecule has 2 aromatic rings. The number of hydrogen-bond acceptors (Lipinski definition) is 3. The minimum atomic E-state index is 0.329. The van der Waals surface area contributed by atoms with Crippen LogP contribution in [0.3, 0.4) is 0 Å². The van der Waals surface area contributed by atoms with Crippen LogP contribution in [-0.2, 0) is 6.54 Å². The number of nitrogen functional groups attached to an aromatic ring is 1. The summed E-state index contributed by atoms with van der Waals surface area (Å²) in [7, 11) is 0. The molecule has 1 aromatic carbocycles. The lowest BCUT2D eigenvalue weighted by atomic mass is 10.1. The number of nitrogens with two attached hydrogens (primary N) is 1. The SMILES string of the molecule is N#Cc1ccc(Cn2cc(Cl)c(N)n2)cc1. The largest absolute Gasteiger partial charge is 0.381 e. The average Bonchev–Trinajstić information content (AvgIpc) is 2.59. The average molecular weight is 233 g/mol. The van der Waals surface area contributed by atoms with E-state index in [2.05, 4.69) is 11.2 Å². The van der Waals surface area contributed by atoms with Crippen molar-refractivity contribution < 1.29 is 0 Å². The number of anilines is 1. The molecule has 0 aliphatic carbocycles. The molecule has 0 amide bonds. The Morgan fingerprint density at radius 1 is 1.38 bits per heavy atom. The fourth-order valence-electron chi connectivity index (χ4n) is 1.36. The van der Waals surface area contributed by atoms with E-state index in [4.69, 9.17) is 22.6 Å². The number of nitriles is 1. The molecule has 0 radical (unpaired) electrons. The number of aromatic nitrogens is 2. The molecule has 0 fully saturated rings. The molecule has 0 saturated heterocycles. The first-order valence-electron chi connectivity index (χ1n) is 4.66. The van der Waals surface area contributed by atoms with E-state index in [9.17, 15) is 0 Å². The van der Waals surface area contributed by atoms with E-state index in [0.29, 0.717) is 22.9 Å². The minimum absolute atomic E-state index is 0.329. The second-order valence-corrected chi connectivity index (χ2v) is 3.78. The Labute approximate surface area is 97.9 Å².